The van der Waals surface area contributed by atoms with E-state index in [0.29, 0.717) is 6.54 Å². The van der Waals surface area contributed by atoms with Gasteiger partial charge in [0.25, 0.3) is 0 Å². The van der Waals surface area contributed by atoms with Crippen LogP contribution >= 0.6 is 0 Å². The lowest BCUT2D eigenvalue weighted by molar-refractivity contribution is -0.152. The van der Waals surface area contributed by atoms with Crippen LogP contribution in [0.5, 0.6) is 0 Å². The minimum Gasteiger partial charge on any atom is -0.481 e. The van der Waals surface area contributed by atoms with Gasteiger partial charge in [0, 0.05) is 13.1 Å². The number of hydrogen-bond donors (Lipinski definition) is 1. The van der Waals surface area contributed by atoms with Gasteiger partial charge in [0.05, 0.1) is 5.41 Å². The highest BCUT2D eigenvalue weighted by molar-refractivity contribution is 5.75. The molecule has 1 aliphatic heterocycles. The van der Waals surface area contributed by atoms with E-state index in [9.17, 15) is 9.90 Å². The Morgan fingerprint density at radius 2 is 2.33 bits per heavy atom. The van der Waals surface area contributed by atoms with Crippen LogP contribution in [0.3, 0.4) is 0 Å². The second-order valence-electron chi connectivity index (χ2n) is 4.35. The maximum absolute atomic E-state index is 11.3. The van der Waals surface area contributed by atoms with Crippen molar-refractivity contribution in [2.45, 2.75) is 33.1 Å². The molecule has 3 heteroatoms. The third kappa shape index (κ3) is 2.81. The zero-order valence-electron chi connectivity index (χ0n) is 9.70. The Morgan fingerprint density at radius 3 is 2.87 bits per heavy atom. The van der Waals surface area contributed by atoms with Gasteiger partial charge < -0.3 is 5.11 Å². The van der Waals surface area contributed by atoms with Gasteiger partial charge in [-0.1, -0.05) is 19.1 Å². The molecular weight excluding hydrogens is 190 g/mol. The van der Waals surface area contributed by atoms with Crippen molar-refractivity contribution in [1.82, 2.24) is 4.90 Å². The van der Waals surface area contributed by atoms with Crippen molar-refractivity contribution in [2.75, 3.05) is 19.6 Å². The summed E-state index contributed by atoms with van der Waals surface area (Å²) in [7, 11) is 0. The van der Waals surface area contributed by atoms with Crippen LogP contribution in [-0.2, 0) is 4.79 Å². The maximum Gasteiger partial charge on any atom is 0.310 e. The zero-order valence-corrected chi connectivity index (χ0v) is 9.70. The van der Waals surface area contributed by atoms with Gasteiger partial charge in [0.2, 0.25) is 0 Å². The second-order valence-corrected chi connectivity index (χ2v) is 4.35. The molecule has 1 N–H and O–H groups in total. The molecule has 86 valence electrons. The molecule has 1 unspecified atom stereocenters. The van der Waals surface area contributed by atoms with Crippen LogP contribution in [0.1, 0.15) is 33.1 Å². The number of rotatable bonds is 4. The predicted molar refractivity (Wildman–Crippen MR) is 60.8 cm³/mol. The van der Waals surface area contributed by atoms with Gasteiger partial charge in [0.1, 0.15) is 0 Å². The Bertz CT molecular complexity index is 250. The van der Waals surface area contributed by atoms with E-state index in [0.717, 1.165) is 32.4 Å². The number of allylic oxidation sites excluding steroid dienone is 1. The molecule has 0 aromatic carbocycles. The Balaban J connectivity index is 2.64. The van der Waals surface area contributed by atoms with Crippen molar-refractivity contribution >= 4 is 5.97 Å². The van der Waals surface area contributed by atoms with Crippen LogP contribution in [0.15, 0.2) is 12.2 Å². The summed E-state index contributed by atoms with van der Waals surface area (Å²) in [6.07, 6.45) is 6.66. The molecule has 15 heavy (non-hydrogen) atoms. The summed E-state index contributed by atoms with van der Waals surface area (Å²) in [5.74, 6) is -0.629. The van der Waals surface area contributed by atoms with Crippen LogP contribution in [0.2, 0.25) is 0 Å². The van der Waals surface area contributed by atoms with Gasteiger partial charge >= 0.3 is 5.97 Å². The number of carbonyl (C=O) groups is 1. The Morgan fingerprint density at radius 1 is 1.60 bits per heavy atom. The summed E-state index contributed by atoms with van der Waals surface area (Å²) in [5.41, 5.74) is -0.500. The molecular formula is C12H21NO2. The van der Waals surface area contributed by atoms with Crippen molar-refractivity contribution in [2.24, 2.45) is 5.41 Å². The van der Waals surface area contributed by atoms with E-state index in [4.69, 9.17) is 0 Å². The maximum atomic E-state index is 11.3. The molecule has 0 amide bonds. The average Bonchev–Trinajstić information content (AvgIpc) is 2.26. The second kappa shape index (κ2) is 5.31. The Kier molecular flexibility index (Phi) is 4.33. The van der Waals surface area contributed by atoms with E-state index in [-0.39, 0.29) is 0 Å². The van der Waals surface area contributed by atoms with Gasteiger partial charge in [-0.25, -0.2) is 0 Å². The largest absolute Gasteiger partial charge is 0.481 e. The minimum atomic E-state index is -0.629. The number of nitrogens with zero attached hydrogens (tertiary/aromatic N) is 1. The number of likely N-dealkylation sites (tertiary alicyclic amines) is 1. The molecule has 0 aliphatic carbocycles. The van der Waals surface area contributed by atoms with E-state index < -0.39 is 11.4 Å². The molecule has 0 bridgehead atoms. The lowest BCUT2D eigenvalue weighted by atomic mass is 9.77. The topological polar surface area (TPSA) is 40.5 Å². The Labute approximate surface area is 91.8 Å². The van der Waals surface area contributed by atoms with Gasteiger partial charge in [0.15, 0.2) is 0 Å². The summed E-state index contributed by atoms with van der Waals surface area (Å²) < 4.78 is 0. The fourth-order valence-electron chi connectivity index (χ4n) is 2.25. The molecule has 1 rings (SSSR count). The molecule has 0 radical (unpaired) electrons. The van der Waals surface area contributed by atoms with Gasteiger partial charge in [-0.05, 0) is 32.7 Å². The van der Waals surface area contributed by atoms with Gasteiger partial charge in [-0.3, -0.25) is 9.69 Å². The average molecular weight is 211 g/mol. The van der Waals surface area contributed by atoms with E-state index in [1.54, 1.807) is 0 Å². The zero-order chi connectivity index (χ0) is 11.3. The summed E-state index contributed by atoms with van der Waals surface area (Å²) in [6.45, 7) is 6.58. The first kappa shape index (κ1) is 12.2. The molecule has 0 saturated carbocycles. The molecule has 1 fully saturated rings. The SMILES string of the molecule is CC=CCN1CCCC(CC)(C(=O)O)C1. The van der Waals surface area contributed by atoms with E-state index >= 15 is 0 Å². The number of aliphatic carboxylic acids is 1. The third-order valence-electron chi connectivity index (χ3n) is 3.39. The molecule has 1 saturated heterocycles. The number of hydrogen-bond acceptors (Lipinski definition) is 2. The highest BCUT2D eigenvalue weighted by Gasteiger charge is 2.40. The van der Waals surface area contributed by atoms with Crippen molar-refractivity contribution < 1.29 is 9.90 Å². The van der Waals surface area contributed by atoms with E-state index in [1.165, 1.54) is 0 Å². The van der Waals surface area contributed by atoms with Gasteiger partial charge in [-0.2, -0.15) is 0 Å². The summed E-state index contributed by atoms with van der Waals surface area (Å²) in [5, 5.41) is 9.29. The third-order valence-corrected chi connectivity index (χ3v) is 3.39. The monoisotopic (exact) mass is 211 g/mol. The fourth-order valence-corrected chi connectivity index (χ4v) is 2.25. The van der Waals surface area contributed by atoms with Crippen molar-refractivity contribution in [1.29, 1.82) is 0 Å². The first-order valence-corrected chi connectivity index (χ1v) is 5.71. The van der Waals surface area contributed by atoms with Gasteiger partial charge in [-0.15, -0.1) is 0 Å². The molecule has 1 heterocycles. The summed E-state index contributed by atoms with van der Waals surface area (Å²) in [6, 6.07) is 0. The normalized spacial score (nSPS) is 28.4. The smallest absolute Gasteiger partial charge is 0.310 e. The number of piperidine rings is 1. The number of carboxylic acid groups (broad SMARTS) is 1. The first-order chi connectivity index (χ1) is 7.14. The first-order valence-electron chi connectivity index (χ1n) is 5.71. The molecule has 1 atom stereocenters. The summed E-state index contributed by atoms with van der Waals surface area (Å²) >= 11 is 0. The quantitative estimate of drug-likeness (QED) is 0.724. The minimum absolute atomic E-state index is 0.500. The number of carboxylic acids is 1. The fraction of sp³-hybridized carbons (Fsp3) is 0.750. The van der Waals surface area contributed by atoms with Crippen molar-refractivity contribution in [3.63, 3.8) is 0 Å². The molecule has 0 spiro atoms. The standard InChI is InChI=1S/C12H21NO2/c1-3-5-8-13-9-6-7-12(4-2,10-13)11(14)15/h3,5H,4,6-10H2,1-2H3,(H,14,15). The Hall–Kier alpha value is -0.830. The highest BCUT2D eigenvalue weighted by Crippen LogP contribution is 2.33. The molecule has 0 aromatic heterocycles. The van der Waals surface area contributed by atoms with Crippen LogP contribution < -0.4 is 0 Å². The highest BCUT2D eigenvalue weighted by atomic mass is 16.4. The van der Waals surface area contributed by atoms with Crippen LogP contribution in [0.25, 0.3) is 0 Å². The van der Waals surface area contributed by atoms with E-state index in [2.05, 4.69) is 11.0 Å². The lowest BCUT2D eigenvalue weighted by Crippen LogP contribution is -2.47. The summed E-state index contributed by atoms with van der Waals surface area (Å²) in [4.78, 5) is 13.5. The van der Waals surface area contributed by atoms with Crippen LogP contribution in [0, 0.1) is 5.41 Å². The molecule has 3 nitrogen and oxygen atoms in total. The molecule has 0 aromatic rings. The lowest BCUT2D eigenvalue weighted by Gasteiger charge is -2.39. The van der Waals surface area contributed by atoms with Crippen LogP contribution in [-0.4, -0.2) is 35.6 Å². The van der Waals surface area contributed by atoms with E-state index in [1.807, 2.05) is 19.9 Å². The van der Waals surface area contributed by atoms with Crippen LogP contribution in [0.4, 0.5) is 0 Å². The van der Waals surface area contributed by atoms with Crippen molar-refractivity contribution in [3.05, 3.63) is 12.2 Å². The molecule has 1 aliphatic rings. The predicted octanol–water partition coefficient (Wildman–Crippen LogP) is 2.14. The van der Waals surface area contributed by atoms with Crippen molar-refractivity contribution in [3.8, 4) is 0 Å².